The lowest BCUT2D eigenvalue weighted by Crippen LogP contribution is -2.79. The Balaban J connectivity index is 2.89. The topological polar surface area (TPSA) is 57.1 Å². The van der Waals surface area contributed by atoms with E-state index < -0.39 is 6.10 Å². The van der Waals surface area contributed by atoms with E-state index in [1.54, 1.807) is 0 Å². The van der Waals surface area contributed by atoms with Crippen molar-refractivity contribution < 1.29 is 15.5 Å². The van der Waals surface area contributed by atoms with Crippen LogP contribution in [0.1, 0.15) is 19.3 Å². The average Bonchev–Trinajstić information content (AvgIpc) is 1.98. The number of unbranched alkanes of at least 4 members (excludes halogenated alkanes) is 1. The first kappa shape index (κ1) is 9.88. The van der Waals surface area contributed by atoms with Gasteiger partial charge >= 0.3 is 0 Å². The van der Waals surface area contributed by atoms with Crippen LogP contribution in [0.25, 0.3) is 0 Å². The lowest BCUT2D eigenvalue weighted by atomic mass is 10.1. The van der Waals surface area contributed by atoms with Crippen LogP contribution in [0.4, 0.5) is 0 Å². The van der Waals surface area contributed by atoms with E-state index >= 15 is 0 Å². The van der Waals surface area contributed by atoms with Gasteiger partial charge in [-0.1, -0.05) is 0 Å². The molecule has 0 aliphatic carbocycles. The van der Waals surface area contributed by atoms with Crippen molar-refractivity contribution >= 4 is 0 Å². The van der Waals surface area contributed by atoms with Crippen molar-refractivity contribution in [2.75, 3.05) is 20.2 Å². The van der Waals surface area contributed by atoms with Crippen LogP contribution in [0, 0.1) is 0 Å². The van der Waals surface area contributed by atoms with Crippen LogP contribution < -0.4 is 5.32 Å². The quantitative estimate of drug-likeness (QED) is 0.410. The lowest BCUT2D eigenvalue weighted by Gasteiger charge is -2.04. The van der Waals surface area contributed by atoms with Crippen molar-refractivity contribution in [2.45, 2.75) is 25.4 Å². The molecular formula is C7H18NO2+. The molecule has 0 fully saturated rings. The summed E-state index contributed by atoms with van der Waals surface area (Å²) in [6.45, 7) is 1.01. The summed E-state index contributed by atoms with van der Waals surface area (Å²) in [6.07, 6.45) is 2.35. The summed E-state index contributed by atoms with van der Waals surface area (Å²) in [6, 6.07) is 0. The van der Waals surface area contributed by atoms with Crippen LogP contribution in [0.2, 0.25) is 0 Å². The number of hydrogen-bond donors (Lipinski definition) is 3. The van der Waals surface area contributed by atoms with Crippen molar-refractivity contribution in [1.82, 2.24) is 0 Å². The monoisotopic (exact) mass is 148 g/mol. The second-order valence-electron chi connectivity index (χ2n) is 2.53. The van der Waals surface area contributed by atoms with Crippen molar-refractivity contribution in [3.63, 3.8) is 0 Å². The molecule has 0 amide bonds. The molecule has 0 aromatic heterocycles. The van der Waals surface area contributed by atoms with Gasteiger partial charge in [0.1, 0.15) is 0 Å². The Morgan fingerprint density at radius 1 is 1.40 bits per heavy atom. The van der Waals surface area contributed by atoms with Gasteiger partial charge in [0.2, 0.25) is 0 Å². The van der Waals surface area contributed by atoms with E-state index in [0.29, 0.717) is 0 Å². The van der Waals surface area contributed by atoms with Crippen LogP contribution in [0.15, 0.2) is 0 Å². The van der Waals surface area contributed by atoms with Gasteiger partial charge in [-0.15, -0.1) is 0 Å². The van der Waals surface area contributed by atoms with E-state index in [1.807, 2.05) is 7.05 Å². The van der Waals surface area contributed by atoms with E-state index in [-0.39, 0.29) is 6.61 Å². The molecule has 0 heterocycles. The summed E-state index contributed by atoms with van der Waals surface area (Å²) in [5.41, 5.74) is 0. The highest BCUT2D eigenvalue weighted by Gasteiger charge is 1.99. The maximum atomic E-state index is 8.90. The van der Waals surface area contributed by atoms with Crippen LogP contribution in [0.3, 0.4) is 0 Å². The Morgan fingerprint density at radius 2 is 2.10 bits per heavy atom. The minimum atomic E-state index is -0.503. The summed E-state index contributed by atoms with van der Waals surface area (Å²) < 4.78 is 0. The normalized spacial score (nSPS) is 13.5. The molecule has 1 atom stereocenters. The molecule has 3 nitrogen and oxygen atoms in total. The molecule has 0 rings (SSSR count). The summed E-state index contributed by atoms with van der Waals surface area (Å²) >= 11 is 0. The molecule has 0 aromatic rings. The van der Waals surface area contributed by atoms with Crippen molar-refractivity contribution in [3.8, 4) is 0 Å². The van der Waals surface area contributed by atoms with E-state index in [9.17, 15) is 0 Å². The molecule has 62 valence electrons. The third-order valence-corrected chi connectivity index (χ3v) is 1.49. The molecule has 4 N–H and O–H groups in total. The Morgan fingerprint density at radius 3 is 2.60 bits per heavy atom. The standard InChI is InChI=1S/C7H17NO2/c1-8-5-3-2-4-7(10)6-9/h7-10H,2-6H2,1H3/p+1/t7-/m0/s1. The molecule has 0 unspecified atom stereocenters. The largest absolute Gasteiger partial charge is 0.394 e. The molecule has 0 aliphatic rings. The first-order valence-corrected chi connectivity index (χ1v) is 3.88. The van der Waals surface area contributed by atoms with Gasteiger partial charge in [-0.2, -0.15) is 0 Å². The molecule has 0 bridgehead atoms. The van der Waals surface area contributed by atoms with Crippen molar-refractivity contribution in [3.05, 3.63) is 0 Å². The first-order valence-electron chi connectivity index (χ1n) is 3.88. The van der Waals surface area contributed by atoms with E-state index in [4.69, 9.17) is 10.2 Å². The molecule has 0 saturated carbocycles. The molecule has 0 saturated heterocycles. The molecular weight excluding hydrogens is 130 g/mol. The fraction of sp³-hybridized carbons (Fsp3) is 1.00. The predicted octanol–water partition coefficient (Wildman–Crippen LogP) is -1.30. The average molecular weight is 148 g/mol. The highest BCUT2D eigenvalue weighted by molar-refractivity contribution is 4.51. The second-order valence-corrected chi connectivity index (χ2v) is 2.53. The molecule has 10 heavy (non-hydrogen) atoms. The van der Waals surface area contributed by atoms with E-state index in [2.05, 4.69) is 5.32 Å². The van der Waals surface area contributed by atoms with Gasteiger partial charge in [0.05, 0.1) is 26.3 Å². The van der Waals surface area contributed by atoms with Crippen molar-refractivity contribution in [1.29, 1.82) is 0 Å². The van der Waals surface area contributed by atoms with Gasteiger partial charge in [0.15, 0.2) is 0 Å². The van der Waals surface area contributed by atoms with Crippen LogP contribution in [0.5, 0.6) is 0 Å². The van der Waals surface area contributed by atoms with Crippen molar-refractivity contribution in [2.24, 2.45) is 0 Å². The lowest BCUT2D eigenvalue weighted by molar-refractivity contribution is -0.627. The van der Waals surface area contributed by atoms with Crippen LogP contribution >= 0.6 is 0 Å². The third-order valence-electron chi connectivity index (χ3n) is 1.49. The molecule has 0 aliphatic heterocycles. The summed E-state index contributed by atoms with van der Waals surface area (Å²) in [5.74, 6) is 0. The van der Waals surface area contributed by atoms with Gasteiger partial charge in [0, 0.05) is 0 Å². The zero-order chi connectivity index (χ0) is 7.82. The number of aliphatic hydroxyl groups excluding tert-OH is 2. The minimum absolute atomic E-state index is 0.101. The smallest absolute Gasteiger partial charge is 0.0771 e. The fourth-order valence-electron chi connectivity index (χ4n) is 0.820. The zero-order valence-electron chi connectivity index (χ0n) is 6.58. The Labute approximate surface area is 62.1 Å². The molecule has 0 aromatic carbocycles. The maximum absolute atomic E-state index is 8.90. The van der Waals surface area contributed by atoms with E-state index in [0.717, 1.165) is 25.8 Å². The highest BCUT2D eigenvalue weighted by Crippen LogP contribution is 1.97. The Bertz CT molecular complexity index is 68.6. The third kappa shape index (κ3) is 6.01. The van der Waals surface area contributed by atoms with Gasteiger partial charge in [-0.25, -0.2) is 0 Å². The highest BCUT2D eigenvalue weighted by atomic mass is 16.3. The second kappa shape index (κ2) is 6.99. The SMILES string of the molecule is C[NH2+]CCCC[C@H](O)CO. The van der Waals surface area contributed by atoms with E-state index in [1.165, 1.54) is 0 Å². The van der Waals surface area contributed by atoms with Gasteiger partial charge in [-0.05, 0) is 19.3 Å². The fourth-order valence-corrected chi connectivity index (χ4v) is 0.820. The van der Waals surface area contributed by atoms with Gasteiger partial charge in [-0.3, -0.25) is 0 Å². The van der Waals surface area contributed by atoms with Gasteiger partial charge < -0.3 is 15.5 Å². The summed E-state index contributed by atoms with van der Waals surface area (Å²) in [4.78, 5) is 0. The number of hydrogen-bond acceptors (Lipinski definition) is 2. The Hall–Kier alpha value is -0.120. The first-order chi connectivity index (χ1) is 4.81. The number of rotatable bonds is 6. The number of quaternary nitrogens is 1. The summed E-state index contributed by atoms with van der Waals surface area (Å²) in [7, 11) is 2.03. The molecule has 0 radical (unpaired) electrons. The number of nitrogens with two attached hydrogens (primary N) is 1. The number of aliphatic hydroxyl groups is 2. The minimum Gasteiger partial charge on any atom is -0.394 e. The molecule has 0 spiro atoms. The zero-order valence-corrected chi connectivity index (χ0v) is 6.58. The summed E-state index contributed by atoms with van der Waals surface area (Å²) in [5, 5.41) is 19.4. The van der Waals surface area contributed by atoms with Gasteiger partial charge in [0.25, 0.3) is 0 Å². The molecule has 3 heteroatoms. The van der Waals surface area contributed by atoms with Crippen LogP contribution in [-0.2, 0) is 0 Å². The maximum Gasteiger partial charge on any atom is 0.0771 e. The van der Waals surface area contributed by atoms with Crippen LogP contribution in [-0.4, -0.2) is 36.5 Å². The Kier molecular flexibility index (Phi) is 6.91. The predicted molar refractivity (Wildman–Crippen MR) is 39.7 cm³/mol.